The fraction of sp³-hybridized carbons (Fsp3) is 0.484. The topological polar surface area (TPSA) is 66.8 Å². The summed E-state index contributed by atoms with van der Waals surface area (Å²) in [5.74, 6) is -1.18. The second-order valence-electron chi connectivity index (χ2n) is 10.5. The van der Waals surface area contributed by atoms with E-state index < -0.39 is 11.6 Å². The number of benzene rings is 1. The monoisotopic (exact) mass is 509 g/mol. The number of likely N-dealkylation sites (N-methyl/N-ethyl adjacent to an activating group) is 1. The summed E-state index contributed by atoms with van der Waals surface area (Å²) < 4.78 is 19.8. The predicted octanol–water partition coefficient (Wildman–Crippen LogP) is 5.57. The molecule has 0 radical (unpaired) electrons. The Kier molecular flexibility index (Phi) is 8.45. The van der Waals surface area contributed by atoms with Crippen molar-refractivity contribution < 1.29 is 23.8 Å². The van der Waals surface area contributed by atoms with Gasteiger partial charge < -0.3 is 14.7 Å². The van der Waals surface area contributed by atoms with E-state index >= 15 is 0 Å². The summed E-state index contributed by atoms with van der Waals surface area (Å²) in [5.41, 5.74) is 6.10. The molecule has 0 spiro atoms. The lowest BCUT2D eigenvalue weighted by molar-refractivity contribution is -0.163. The van der Waals surface area contributed by atoms with E-state index in [0.717, 1.165) is 51.8 Å². The van der Waals surface area contributed by atoms with Gasteiger partial charge in [-0.15, -0.1) is 0 Å². The Morgan fingerprint density at radius 3 is 2.49 bits per heavy atom. The van der Waals surface area contributed by atoms with E-state index in [9.17, 15) is 19.1 Å². The van der Waals surface area contributed by atoms with Crippen LogP contribution in [-0.2, 0) is 20.7 Å². The molecule has 0 saturated carbocycles. The van der Waals surface area contributed by atoms with Crippen molar-refractivity contribution in [2.24, 2.45) is 0 Å². The number of halogens is 1. The van der Waals surface area contributed by atoms with Crippen LogP contribution in [-0.4, -0.2) is 54.1 Å². The molecule has 0 bridgehead atoms. The number of rotatable bonds is 7. The van der Waals surface area contributed by atoms with Crippen LogP contribution in [0.4, 0.5) is 4.39 Å². The van der Waals surface area contributed by atoms with Gasteiger partial charge >= 0.3 is 5.97 Å². The number of allylic oxidation sites excluding steroid dienone is 3. The van der Waals surface area contributed by atoms with E-state index in [1.54, 1.807) is 19.1 Å². The maximum absolute atomic E-state index is 14.7. The molecule has 0 saturated heterocycles. The largest absolute Gasteiger partial charge is 0.458 e. The number of aryl methyl sites for hydroxylation is 1. The van der Waals surface area contributed by atoms with Gasteiger partial charge in [0.1, 0.15) is 12.4 Å². The number of ether oxygens (including phenoxy) is 1. The summed E-state index contributed by atoms with van der Waals surface area (Å²) in [4.78, 5) is 27.2. The van der Waals surface area contributed by atoms with Gasteiger partial charge in [0.25, 0.3) is 0 Å². The third-order valence-corrected chi connectivity index (χ3v) is 8.02. The van der Waals surface area contributed by atoms with Crippen molar-refractivity contribution in [3.8, 4) is 0 Å². The first-order valence-electron chi connectivity index (χ1n) is 13.0. The van der Waals surface area contributed by atoms with Crippen molar-refractivity contribution >= 4 is 17.3 Å². The summed E-state index contributed by atoms with van der Waals surface area (Å²) >= 11 is 0. The van der Waals surface area contributed by atoms with E-state index in [-0.39, 0.29) is 41.8 Å². The van der Waals surface area contributed by atoms with Crippen LogP contribution >= 0.6 is 0 Å². The Bertz CT molecular complexity index is 1250. The molecular formula is C31H40FNO4. The molecule has 0 fully saturated rings. The third kappa shape index (κ3) is 5.01. The van der Waals surface area contributed by atoms with E-state index in [1.807, 2.05) is 20.8 Å². The Morgan fingerprint density at radius 1 is 1.30 bits per heavy atom. The van der Waals surface area contributed by atoms with E-state index in [2.05, 4.69) is 32.5 Å². The number of esters is 1. The summed E-state index contributed by atoms with van der Waals surface area (Å²) in [5, 5.41) is 11.2. The molecule has 2 atom stereocenters. The second-order valence-corrected chi connectivity index (χ2v) is 10.5. The van der Waals surface area contributed by atoms with E-state index in [1.165, 1.54) is 6.92 Å². The zero-order chi connectivity index (χ0) is 27.8. The van der Waals surface area contributed by atoms with Gasteiger partial charge in [0.05, 0.1) is 0 Å². The Balaban J connectivity index is 2.28. The molecule has 37 heavy (non-hydrogen) atoms. The predicted molar refractivity (Wildman–Crippen MR) is 146 cm³/mol. The van der Waals surface area contributed by atoms with Crippen molar-refractivity contribution in [2.45, 2.75) is 78.9 Å². The molecule has 1 aromatic rings. The Labute approximate surface area is 220 Å². The molecule has 5 nitrogen and oxygen atoms in total. The molecular weight excluding hydrogens is 469 g/mol. The first-order chi connectivity index (χ1) is 17.3. The highest BCUT2D eigenvalue weighted by Gasteiger charge is 2.44. The molecule has 1 aromatic carbocycles. The van der Waals surface area contributed by atoms with Gasteiger partial charge in [0.15, 0.2) is 11.4 Å². The number of hydrogen-bond donors (Lipinski definition) is 1. The molecule has 1 aliphatic heterocycles. The normalized spacial score (nSPS) is 23.7. The van der Waals surface area contributed by atoms with Crippen LogP contribution in [0, 0.1) is 19.7 Å². The standard InChI is InChI=1S/C31H40FNO4/c1-10-22(29-27(33(8)9)13-12-23-20(6)26(32)15-18(4)28(23)29)19(5)17(3)14-25-24(21(7)34)16-37-30(35)31(25,36)11-2/h14-15,27,36H,5,10-13,16H2,1-4,6-9H3/b17-14+,29-22-. The SMILES string of the molecule is C=C(/C(C)=C/C1=C(C(C)=O)COC(=O)C1(O)CC)/C(CC)=C1\c2c(C)cc(F)c(C)c2CCC1N(C)C. The fourth-order valence-corrected chi connectivity index (χ4v) is 5.72. The number of cyclic esters (lactones) is 1. The van der Waals surface area contributed by atoms with Crippen LogP contribution in [0.15, 0.2) is 46.6 Å². The van der Waals surface area contributed by atoms with Gasteiger partial charge in [-0.3, -0.25) is 4.79 Å². The number of Topliss-reactive ketones (excluding diaryl/α,β-unsaturated/α-hetero) is 1. The van der Waals surface area contributed by atoms with Gasteiger partial charge in [-0.05, 0) is 118 Å². The van der Waals surface area contributed by atoms with Gasteiger partial charge in [0, 0.05) is 17.2 Å². The number of carbonyl (C=O) groups excluding carboxylic acids is 2. The molecule has 1 N–H and O–H groups in total. The van der Waals surface area contributed by atoms with Crippen LogP contribution in [0.3, 0.4) is 0 Å². The minimum atomic E-state index is -1.89. The molecule has 0 aromatic heterocycles. The molecule has 1 aliphatic carbocycles. The summed E-state index contributed by atoms with van der Waals surface area (Å²) in [6.45, 7) is 15.1. The van der Waals surface area contributed by atoms with Crippen molar-refractivity contribution in [3.05, 3.63) is 74.7 Å². The minimum absolute atomic E-state index is 0.0794. The third-order valence-electron chi connectivity index (χ3n) is 8.02. The maximum Gasteiger partial charge on any atom is 0.343 e. The molecule has 6 heteroatoms. The lowest BCUT2D eigenvalue weighted by atomic mass is 9.74. The zero-order valence-electron chi connectivity index (χ0n) is 23.5. The quantitative estimate of drug-likeness (QED) is 0.385. The Hall–Kier alpha value is -2.83. The van der Waals surface area contributed by atoms with Crippen LogP contribution in [0.1, 0.15) is 69.2 Å². The highest BCUT2D eigenvalue weighted by molar-refractivity contribution is 6.00. The maximum atomic E-state index is 14.7. The molecule has 2 aliphatic rings. The van der Waals surface area contributed by atoms with Crippen LogP contribution in [0.25, 0.3) is 5.57 Å². The van der Waals surface area contributed by atoms with Crippen LogP contribution in [0.5, 0.6) is 0 Å². The first-order valence-corrected chi connectivity index (χ1v) is 13.0. The first kappa shape index (κ1) is 28.7. The number of aliphatic hydroxyl groups is 1. The van der Waals surface area contributed by atoms with Gasteiger partial charge in [-0.1, -0.05) is 26.5 Å². The second kappa shape index (κ2) is 10.9. The number of fused-ring (bicyclic) bond motifs is 1. The van der Waals surface area contributed by atoms with Gasteiger partial charge in [0.2, 0.25) is 0 Å². The van der Waals surface area contributed by atoms with Gasteiger partial charge in [-0.2, -0.15) is 0 Å². The number of ketones is 1. The Morgan fingerprint density at radius 2 is 1.95 bits per heavy atom. The van der Waals surface area contributed by atoms with Crippen molar-refractivity contribution in [2.75, 3.05) is 20.7 Å². The highest BCUT2D eigenvalue weighted by Crippen LogP contribution is 2.43. The minimum Gasteiger partial charge on any atom is -0.458 e. The lowest BCUT2D eigenvalue weighted by Gasteiger charge is -2.37. The van der Waals surface area contributed by atoms with Crippen LogP contribution in [0.2, 0.25) is 0 Å². The molecule has 3 rings (SSSR count). The zero-order valence-corrected chi connectivity index (χ0v) is 23.5. The summed E-state index contributed by atoms with van der Waals surface area (Å²) in [7, 11) is 4.11. The average Bonchev–Trinajstić information content (AvgIpc) is 2.85. The number of nitrogens with zero attached hydrogens (tertiary/aromatic N) is 1. The van der Waals surface area contributed by atoms with Crippen molar-refractivity contribution in [1.82, 2.24) is 4.90 Å². The van der Waals surface area contributed by atoms with Gasteiger partial charge in [-0.25, -0.2) is 9.18 Å². The highest BCUT2D eigenvalue weighted by atomic mass is 19.1. The smallest absolute Gasteiger partial charge is 0.343 e. The number of carbonyl (C=O) groups is 2. The summed E-state index contributed by atoms with van der Waals surface area (Å²) in [6, 6.07) is 1.74. The molecule has 2 unspecified atom stereocenters. The summed E-state index contributed by atoms with van der Waals surface area (Å²) in [6.07, 6.45) is 4.15. The molecule has 0 amide bonds. The van der Waals surface area contributed by atoms with Crippen LogP contribution < -0.4 is 0 Å². The van der Waals surface area contributed by atoms with Crippen molar-refractivity contribution in [1.29, 1.82) is 0 Å². The molecule has 1 heterocycles. The van der Waals surface area contributed by atoms with E-state index in [4.69, 9.17) is 4.74 Å². The number of hydrogen-bond acceptors (Lipinski definition) is 5. The van der Waals surface area contributed by atoms with Crippen molar-refractivity contribution in [3.63, 3.8) is 0 Å². The average molecular weight is 510 g/mol. The molecule has 200 valence electrons. The fourth-order valence-electron chi connectivity index (χ4n) is 5.72. The lowest BCUT2D eigenvalue weighted by Crippen LogP contribution is -2.46. The van der Waals surface area contributed by atoms with E-state index in [0.29, 0.717) is 12.0 Å².